The van der Waals surface area contributed by atoms with Crippen LogP contribution in [0.5, 0.6) is 0 Å². The van der Waals surface area contributed by atoms with E-state index in [0.717, 1.165) is 23.1 Å². The summed E-state index contributed by atoms with van der Waals surface area (Å²) in [5, 5.41) is 0. The van der Waals surface area contributed by atoms with E-state index in [4.69, 9.17) is 0 Å². The van der Waals surface area contributed by atoms with E-state index < -0.39 is 0 Å². The smallest absolute Gasteiger partial charge is 0.305 e. The number of ether oxygens (including phenoxy) is 1. The molecular formula is C12H16BrNO2. The normalized spacial score (nSPS) is 9.94. The van der Waals surface area contributed by atoms with Crippen molar-refractivity contribution < 1.29 is 9.53 Å². The van der Waals surface area contributed by atoms with Gasteiger partial charge in [0.25, 0.3) is 0 Å². The van der Waals surface area contributed by atoms with Crippen LogP contribution in [-0.4, -0.2) is 26.7 Å². The Bertz CT molecular complexity index is 337. The molecule has 0 fully saturated rings. The van der Waals surface area contributed by atoms with Gasteiger partial charge in [-0.05, 0) is 30.7 Å². The standard InChI is InChI=1S/C12H16BrNO2/c1-14(9-3-4-12(15)16-2)11-7-5-10(13)6-8-11/h5-8H,3-4,9H2,1-2H3. The van der Waals surface area contributed by atoms with E-state index in [0.29, 0.717) is 6.42 Å². The predicted octanol–water partition coefficient (Wildman–Crippen LogP) is 2.84. The van der Waals surface area contributed by atoms with Crippen LogP contribution in [0.15, 0.2) is 28.7 Å². The lowest BCUT2D eigenvalue weighted by Crippen LogP contribution is -2.19. The van der Waals surface area contributed by atoms with E-state index >= 15 is 0 Å². The third kappa shape index (κ3) is 4.23. The van der Waals surface area contributed by atoms with Crippen LogP contribution in [0.2, 0.25) is 0 Å². The number of halogens is 1. The van der Waals surface area contributed by atoms with Crippen molar-refractivity contribution in [3.05, 3.63) is 28.7 Å². The maximum Gasteiger partial charge on any atom is 0.305 e. The van der Waals surface area contributed by atoms with Crippen LogP contribution in [0, 0.1) is 0 Å². The average Bonchev–Trinajstić information content (AvgIpc) is 2.29. The number of nitrogens with zero attached hydrogens (tertiary/aromatic N) is 1. The summed E-state index contributed by atoms with van der Waals surface area (Å²) in [6, 6.07) is 8.10. The molecule has 0 saturated carbocycles. The quantitative estimate of drug-likeness (QED) is 0.779. The van der Waals surface area contributed by atoms with Crippen molar-refractivity contribution in [2.45, 2.75) is 12.8 Å². The Labute approximate surface area is 105 Å². The highest BCUT2D eigenvalue weighted by Gasteiger charge is 2.03. The lowest BCUT2D eigenvalue weighted by molar-refractivity contribution is -0.140. The van der Waals surface area contributed by atoms with Crippen molar-refractivity contribution in [1.29, 1.82) is 0 Å². The molecule has 0 spiro atoms. The first kappa shape index (κ1) is 13.0. The lowest BCUT2D eigenvalue weighted by Gasteiger charge is -2.18. The second-order valence-corrected chi connectivity index (χ2v) is 4.49. The average molecular weight is 286 g/mol. The van der Waals surface area contributed by atoms with Crippen molar-refractivity contribution in [3.8, 4) is 0 Å². The third-order valence-electron chi connectivity index (χ3n) is 2.37. The third-order valence-corrected chi connectivity index (χ3v) is 2.90. The molecule has 0 saturated heterocycles. The number of methoxy groups -OCH3 is 1. The highest BCUT2D eigenvalue weighted by atomic mass is 79.9. The molecule has 1 rings (SSSR count). The van der Waals surface area contributed by atoms with Gasteiger partial charge in [-0.25, -0.2) is 0 Å². The van der Waals surface area contributed by atoms with Gasteiger partial charge in [0.15, 0.2) is 0 Å². The van der Waals surface area contributed by atoms with Gasteiger partial charge in [0.2, 0.25) is 0 Å². The summed E-state index contributed by atoms with van der Waals surface area (Å²) < 4.78 is 5.66. The molecule has 0 aromatic heterocycles. The molecule has 0 heterocycles. The molecule has 16 heavy (non-hydrogen) atoms. The first-order chi connectivity index (χ1) is 7.63. The summed E-state index contributed by atoms with van der Waals surface area (Å²) in [4.78, 5) is 13.0. The first-order valence-corrected chi connectivity index (χ1v) is 5.96. The second-order valence-electron chi connectivity index (χ2n) is 3.58. The fourth-order valence-corrected chi connectivity index (χ4v) is 1.65. The number of carbonyl (C=O) groups excluding carboxylic acids is 1. The number of benzene rings is 1. The minimum Gasteiger partial charge on any atom is -0.469 e. The van der Waals surface area contributed by atoms with Crippen molar-refractivity contribution in [2.24, 2.45) is 0 Å². The van der Waals surface area contributed by atoms with Gasteiger partial charge >= 0.3 is 5.97 Å². The zero-order valence-electron chi connectivity index (χ0n) is 9.57. The maximum atomic E-state index is 10.9. The van der Waals surface area contributed by atoms with Gasteiger partial charge in [-0.3, -0.25) is 4.79 Å². The van der Waals surface area contributed by atoms with E-state index in [1.54, 1.807) is 0 Å². The molecule has 0 N–H and O–H groups in total. The molecule has 1 aromatic rings. The molecule has 0 radical (unpaired) electrons. The topological polar surface area (TPSA) is 29.5 Å². The molecule has 88 valence electrons. The lowest BCUT2D eigenvalue weighted by atomic mass is 10.2. The Kier molecular flexibility index (Phi) is 5.32. The van der Waals surface area contributed by atoms with Crippen LogP contribution in [0.4, 0.5) is 5.69 Å². The monoisotopic (exact) mass is 285 g/mol. The van der Waals surface area contributed by atoms with Gasteiger partial charge in [0.1, 0.15) is 0 Å². The molecule has 0 atom stereocenters. The van der Waals surface area contributed by atoms with Crippen LogP contribution >= 0.6 is 15.9 Å². The van der Waals surface area contributed by atoms with Crippen LogP contribution in [0.3, 0.4) is 0 Å². The van der Waals surface area contributed by atoms with Crippen LogP contribution in [0.1, 0.15) is 12.8 Å². The first-order valence-electron chi connectivity index (χ1n) is 5.17. The van der Waals surface area contributed by atoms with Crippen LogP contribution < -0.4 is 4.90 Å². The molecule has 0 amide bonds. The Morgan fingerprint density at radius 3 is 2.56 bits per heavy atom. The Morgan fingerprint density at radius 1 is 1.38 bits per heavy atom. The van der Waals surface area contributed by atoms with E-state index in [9.17, 15) is 4.79 Å². The second kappa shape index (κ2) is 6.53. The number of esters is 1. The fraction of sp³-hybridized carbons (Fsp3) is 0.417. The van der Waals surface area contributed by atoms with Crippen molar-refractivity contribution in [3.63, 3.8) is 0 Å². The largest absolute Gasteiger partial charge is 0.469 e. The summed E-state index contributed by atoms with van der Waals surface area (Å²) >= 11 is 3.40. The Hall–Kier alpha value is -1.03. The van der Waals surface area contributed by atoms with E-state index in [1.165, 1.54) is 7.11 Å². The van der Waals surface area contributed by atoms with Gasteiger partial charge in [-0.2, -0.15) is 0 Å². The summed E-state index contributed by atoms with van der Waals surface area (Å²) in [6.07, 6.45) is 1.27. The summed E-state index contributed by atoms with van der Waals surface area (Å²) in [7, 11) is 3.43. The van der Waals surface area contributed by atoms with Crippen molar-refractivity contribution in [2.75, 3.05) is 25.6 Å². The molecule has 3 nitrogen and oxygen atoms in total. The Balaban J connectivity index is 2.37. The van der Waals surface area contributed by atoms with Gasteiger partial charge in [-0.1, -0.05) is 15.9 Å². The van der Waals surface area contributed by atoms with E-state index in [-0.39, 0.29) is 5.97 Å². The van der Waals surface area contributed by atoms with Gasteiger partial charge < -0.3 is 9.64 Å². The minimum absolute atomic E-state index is 0.149. The molecule has 0 unspecified atom stereocenters. The minimum atomic E-state index is -0.149. The molecule has 0 aliphatic heterocycles. The summed E-state index contributed by atoms with van der Waals surface area (Å²) in [5.41, 5.74) is 1.15. The Morgan fingerprint density at radius 2 is 2.00 bits per heavy atom. The molecular weight excluding hydrogens is 270 g/mol. The molecule has 1 aromatic carbocycles. The fourth-order valence-electron chi connectivity index (χ4n) is 1.39. The van der Waals surface area contributed by atoms with Gasteiger partial charge in [0, 0.05) is 30.2 Å². The maximum absolute atomic E-state index is 10.9. The van der Waals surface area contributed by atoms with E-state index in [1.807, 2.05) is 31.3 Å². The number of carbonyl (C=O) groups is 1. The summed E-state index contributed by atoms with van der Waals surface area (Å²) in [5.74, 6) is -0.149. The highest BCUT2D eigenvalue weighted by Crippen LogP contribution is 2.17. The summed E-state index contributed by atoms with van der Waals surface area (Å²) in [6.45, 7) is 0.844. The van der Waals surface area contributed by atoms with Crippen LogP contribution in [0.25, 0.3) is 0 Å². The van der Waals surface area contributed by atoms with Gasteiger partial charge in [-0.15, -0.1) is 0 Å². The molecule has 0 aliphatic rings. The van der Waals surface area contributed by atoms with Crippen molar-refractivity contribution in [1.82, 2.24) is 0 Å². The van der Waals surface area contributed by atoms with Gasteiger partial charge in [0.05, 0.1) is 7.11 Å². The number of hydrogen-bond donors (Lipinski definition) is 0. The predicted molar refractivity (Wildman–Crippen MR) is 68.7 cm³/mol. The molecule has 4 heteroatoms. The van der Waals surface area contributed by atoms with Crippen molar-refractivity contribution >= 4 is 27.6 Å². The molecule has 0 bridgehead atoms. The zero-order chi connectivity index (χ0) is 12.0. The SMILES string of the molecule is COC(=O)CCCN(C)c1ccc(Br)cc1. The number of anilines is 1. The number of rotatable bonds is 5. The molecule has 0 aliphatic carbocycles. The zero-order valence-corrected chi connectivity index (χ0v) is 11.2. The van der Waals surface area contributed by atoms with Crippen LogP contribution in [-0.2, 0) is 9.53 Å². The highest BCUT2D eigenvalue weighted by molar-refractivity contribution is 9.10. The van der Waals surface area contributed by atoms with E-state index in [2.05, 4.69) is 25.6 Å². The number of hydrogen-bond acceptors (Lipinski definition) is 3.